The Morgan fingerprint density at radius 2 is 2.29 bits per heavy atom. The summed E-state index contributed by atoms with van der Waals surface area (Å²) in [6.45, 7) is 5.91. The average Bonchev–Trinajstić information content (AvgIpc) is 2.97. The summed E-state index contributed by atoms with van der Waals surface area (Å²) in [5.74, 6) is 6.63. The van der Waals surface area contributed by atoms with Gasteiger partial charge in [-0.05, 0) is 31.4 Å². The Morgan fingerprint density at radius 1 is 1.48 bits per heavy atom. The van der Waals surface area contributed by atoms with Crippen LogP contribution >= 0.6 is 0 Å². The molecule has 1 aromatic rings. The second kappa shape index (κ2) is 7.28. The maximum absolute atomic E-state index is 12.7. The van der Waals surface area contributed by atoms with Crippen molar-refractivity contribution in [2.45, 2.75) is 33.1 Å². The summed E-state index contributed by atoms with van der Waals surface area (Å²) < 4.78 is 0. The Kier molecular flexibility index (Phi) is 5.41. The molecule has 0 bridgehead atoms. The molecule has 1 N–H and O–H groups in total. The van der Waals surface area contributed by atoms with Gasteiger partial charge in [0.05, 0.1) is 12.2 Å². The predicted octanol–water partition coefficient (Wildman–Crippen LogP) is 2.60. The van der Waals surface area contributed by atoms with Crippen LogP contribution in [0, 0.1) is 24.7 Å². The molecule has 2 rings (SSSR count). The Hall–Kier alpha value is -1.79. The van der Waals surface area contributed by atoms with Gasteiger partial charge in [-0.25, -0.2) is 0 Å². The van der Waals surface area contributed by atoms with Crippen LogP contribution < -0.4 is 0 Å². The standard InChI is InChI=1S/C18H23NO2/c1-3-15-9-10-19(13-15)18(21)17-12-14(2)7-8-16(17)6-4-5-11-20/h7-8,12,15,20H,3,5,9-11,13H2,1-2H3. The van der Waals surface area contributed by atoms with Crippen molar-refractivity contribution < 1.29 is 9.90 Å². The zero-order chi connectivity index (χ0) is 15.2. The maximum atomic E-state index is 12.7. The van der Waals surface area contributed by atoms with Crippen molar-refractivity contribution in [1.29, 1.82) is 0 Å². The average molecular weight is 285 g/mol. The molecule has 0 saturated carbocycles. The van der Waals surface area contributed by atoms with Gasteiger partial charge in [-0.2, -0.15) is 0 Å². The lowest BCUT2D eigenvalue weighted by Crippen LogP contribution is -2.29. The van der Waals surface area contributed by atoms with Crippen molar-refractivity contribution in [3.63, 3.8) is 0 Å². The van der Waals surface area contributed by atoms with Crippen LogP contribution in [-0.2, 0) is 0 Å². The molecule has 0 spiro atoms. The highest BCUT2D eigenvalue weighted by Crippen LogP contribution is 2.22. The van der Waals surface area contributed by atoms with Gasteiger partial charge in [0.1, 0.15) is 0 Å². The number of aliphatic hydroxyl groups excluding tert-OH is 1. The highest BCUT2D eigenvalue weighted by atomic mass is 16.2. The molecule has 0 radical (unpaired) electrons. The molecular formula is C18H23NO2. The van der Waals surface area contributed by atoms with Gasteiger partial charge in [0.15, 0.2) is 0 Å². The Labute approximate surface area is 127 Å². The second-order valence-electron chi connectivity index (χ2n) is 5.64. The minimum absolute atomic E-state index is 0.0481. The summed E-state index contributed by atoms with van der Waals surface area (Å²) in [6.07, 6.45) is 2.66. The summed E-state index contributed by atoms with van der Waals surface area (Å²) in [7, 11) is 0. The van der Waals surface area contributed by atoms with Gasteiger partial charge < -0.3 is 10.0 Å². The van der Waals surface area contributed by atoms with Crippen molar-refractivity contribution in [2.24, 2.45) is 5.92 Å². The van der Waals surface area contributed by atoms with E-state index in [1.165, 1.54) is 0 Å². The highest BCUT2D eigenvalue weighted by molar-refractivity contribution is 5.97. The van der Waals surface area contributed by atoms with E-state index in [1.54, 1.807) is 0 Å². The quantitative estimate of drug-likeness (QED) is 0.867. The summed E-state index contributed by atoms with van der Waals surface area (Å²) in [6, 6.07) is 5.80. The van der Waals surface area contributed by atoms with Crippen LogP contribution in [0.25, 0.3) is 0 Å². The molecule has 112 valence electrons. The fourth-order valence-corrected chi connectivity index (χ4v) is 2.68. The molecule has 3 nitrogen and oxygen atoms in total. The van der Waals surface area contributed by atoms with Crippen LogP contribution in [0.1, 0.15) is 47.7 Å². The Bertz CT molecular complexity index is 568. The van der Waals surface area contributed by atoms with E-state index < -0.39 is 0 Å². The number of nitrogens with zero attached hydrogens (tertiary/aromatic N) is 1. The van der Waals surface area contributed by atoms with E-state index >= 15 is 0 Å². The van der Waals surface area contributed by atoms with Crippen LogP contribution in [0.15, 0.2) is 18.2 Å². The molecule has 1 amide bonds. The number of carbonyl (C=O) groups is 1. The topological polar surface area (TPSA) is 40.5 Å². The van der Waals surface area contributed by atoms with E-state index in [1.807, 2.05) is 30.0 Å². The molecule has 1 atom stereocenters. The monoisotopic (exact) mass is 285 g/mol. The molecule has 1 unspecified atom stereocenters. The molecular weight excluding hydrogens is 262 g/mol. The predicted molar refractivity (Wildman–Crippen MR) is 84.1 cm³/mol. The van der Waals surface area contributed by atoms with Gasteiger partial charge in [0.2, 0.25) is 0 Å². The largest absolute Gasteiger partial charge is 0.395 e. The third-order valence-corrected chi connectivity index (χ3v) is 4.02. The summed E-state index contributed by atoms with van der Waals surface area (Å²) in [4.78, 5) is 14.7. The van der Waals surface area contributed by atoms with Gasteiger partial charge in [0, 0.05) is 25.1 Å². The zero-order valence-electron chi connectivity index (χ0n) is 12.9. The van der Waals surface area contributed by atoms with Gasteiger partial charge in [0.25, 0.3) is 5.91 Å². The number of aliphatic hydroxyl groups is 1. The molecule has 0 aromatic heterocycles. The van der Waals surface area contributed by atoms with Crippen molar-refractivity contribution in [1.82, 2.24) is 4.90 Å². The van der Waals surface area contributed by atoms with Crippen molar-refractivity contribution in [3.05, 3.63) is 34.9 Å². The number of benzene rings is 1. The molecule has 1 fully saturated rings. The van der Waals surface area contributed by atoms with Gasteiger partial charge >= 0.3 is 0 Å². The van der Waals surface area contributed by atoms with Crippen molar-refractivity contribution in [2.75, 3.05) is 19.7 Å². The number of rotatable bonds is 3. The summed E-state index contributed by atoms with van der Waals surface area (Å²) in [5.41, 5.74) is 2.52. The van der Waals surface area contributed by atoms with Crippen LogP contribution in [0.2, 0.25) is 0 Å². The van der Waals surface area contributed by atoms with Gasteiger partial charge in [-0.3, -0.25) is 4.79 Å². The van der Waals surface area contributed by atoms with Crippen LogP contribution in [0.4, 0.5) is 0 Å². The molecule has 1 saturated heterocycles. The third-order valence-electron chi connectivity index (χ3n) is 4.02. The first-order chi connectivity index (χ1) is 10.2. The van der Waals surface area contributed by atoms with Crippen LogP contribution in [0.3, 0.4) is 0 Å². The third kappa shape index (κ3) is 3.86. The minimum atomic E-state index is 0.0481. The summed E-state index contributed by atoms with van der Waals surface area (Å²) >= 11 is 0. The number of amides is 1. The number of likely N-dealkylation sites (tertiary alicyclic amines) is 1. The van der Waals surface area contributed by atoms with E-state index in [4.69, 9.17) is 5.11 Å². The fourth-order valence-electron chi connectivity index (χ4n) is 2.68. The van der Waals surface area contributed by atoms with E-state index in [0.717, 1.165) is 37.1 Å². The lowest BCUT2D eigenvalue weighted by atomic mass is 10.0. The van der Waals surface area contributed by atoms with Crippen LogP contribution in [0.5, 0.6) is 0 Å². The van der Waals surface area contributed by atoms with Crippen LogP contribution in [-0.4, -0.2) is 35.6 Å². The molecule has 0 aliphatic carbocycles. The smallest absolute Gasteiger partial charge is 0.255 e. The molecule has 21 heavy (non-hydrogen) atoms. The van der Waals surface area contributed by atoms with E-state index in [0.29, 0.717) is 17.9 Å². The lowest BCUT2D eigenvalue weighted by molar-refractivity contribution is 0.0786. The number of hydrogen-bond donors (Lipinski definition) is 1. The molecule has 1 heterocycles. The van der Waals surface area contributed by atoms with E-state index in [9.17, 15) is 4.79 Å². The zero-order valence-corrected chi connectivity index (χ0v) is 12.9. The Morgan fingerprint density at radius 3 is 2.95 bits per heavy atom. The Balaban J connectivity index is 2.23. The first-order valence-corrected chi connectivity index (χ1v) is 7.65. The van der Waals surface area contributed by atoms with Crippen molar-refractivity contribution in [3.8, 4) is 11.8 Å². The summed E-state index contributed by atoms with van der Waals surface area (Å²) in [5, 5.41) is 8.82. The highest BCUT2D eigenvalue weighted by Gasteiger charge is 2.26. The first kappa shape index (κ1) is 15.6. The van der Waals surface area contributed by atoms with Gasteiger partial charge in [-0.15, -0.1) is 0 Å². The second-order valence-corrected chi connectivity index (χ2v) is 5.64. The molecule has 1 aliphatic rings. The maximum Gasteiger partial charge on any atom is 0.255 e. The minimum Gasteiger partial charge on any atom is -0.395 e. The van der Waals surface area contributed by atoms with E-state index in [2.05, 4.69) is 18.8 Å². The normalized spacial score (nSPS) is 17.5. The van der Waals surface area contributed by atoms with E-state index in [-0.39, 0.29) is 12.5 Å². The van der Waals surface area contributed by atoms with Gasteiger partial charge in [-0.1, -0.05) is 36.8 Å². The SMILES string of the molecule is CCC1CCN(C(=O)c2cc(C)ccc2C#CCCO)C1. The number of carbonyl (C=O) groups excluding carboxylic acids is 1. The fraction of sp³-hybridized carbons (Fsp3) is 0.500. The van der Waals surface area contributed by atoms with Crippen molar-refractivity contribution >= 4 is 5.91 Å². The number of aryl methyl sites for hydroxylation is 1. The molecule has 1 aromatic carbocycles. The number of hydrogen-bond acceptors (Lipinski definition) is 2. The molecule has 3 heteroatoms. The molecule has 1 aliphatic heterocycles. The first-order valence-electron chi connectivity index (χ1n) is 7.65. The lowest BCUT2D eigenvalue weighted by Gasteiger charge is -2.17.